The van der Waals surface area contributed by atoms with Crippen LogP contribution in [0.3, 0.4) is 0 Å². The van der Waals surface area contributed by atoms with Crippen molar-refractivity contribution in [3.63, 3.8) is 0 Å². The monoisotopic (exact) mass is 246 g/mol. The fourth-order valence-corrected chi connectivity index (χ4v) is 5.75. The van der Waals surface area contributed by atoms with Crippen molar-refractivity contribution in [1.82, 2.24) is 0 Å². The molecule has 0 aromatic carbocycles. The lowest BCUT2D eigenvalue weighted by molar-refractivity contribution is 0.151. The van der Waals surface area contributed by atoms with E-state index in [-0.39, 0.29) is 30.5 Å². The molecule has 0 aromatic heterocycles. The highest BCUT2D eigenvalue weighted by atomic mass is 32.3. The van der Waals surface area contributed by atoms with Crippen LogP contribution in [0.25, 0.3) is 0 Å². The van der Waals surface area contributed by atoms with Crippen LogP contribution >= 0.6 is 0 Å². The summed E-state index contributed by atoms with van der Waals surface area (Å²) < 4.78 is 51.5. The minimum atomic E-state index is -4.67. The zero-order valence-corrected chi connectivity index (χ0v) is 9.47. The quantitative estimate of drug-likeness (QED) is 0.681. The topological polar surface area (TPSA) is 89.9 Å². The summed E-state index contributed by atoms with van der Waals surface area (Å²) in [4.78, 5) is 0. The molecule has 0 spiro atoms. The molecule has 1 aliphatic heterocycles. The molecule has 0 atom stereocenters. The van der Waals surface area contributed by atoms with Crippen LogP contribution in [0.4, 0.5) is 0 Å². The molecule has 1 aliphatic rings. The lowest BCUT2D eigenvalue weighted by Gasteiger charge is -2.47. The molecule has 1 rings (SSSR count). The van der Waals surface area contributed by atoms with Crippen LogP contribution in [0.5, 0.6) is 0 Å². The van der Waals surface area contributed by atoms with Crippen LogP contribution in [0.2, 0.25) is 0 Å². The molecule has 0 amide bonds. The maximum atomic E-state index is 12.3. The SMILES string of the molecule is CCS1(=O)(OS(=O)(=O)O)CCOCC1. The molecule has 6 nitrogen and oxygen atoms in total. The largest absolute Gasteiger partial charge is 0.415 e. The first-order valence-corrected chi connectivity index (χ1v) is 7.93. The molecule has 1 saturated heterocycles. The molecule has 8 heteroatoms. The summed E-state index contributed by atoms with van der Waals surface area (Å²) in [5.74, 6) is 0.112. The highest BCUT2D eigenvalue weighted by Crippen LogP contribution is 2.31. The second-order valence-electron chi connectivity index (χ2n) is 3.19. The standard InChI is InChI=1S/C6H14O6S2/c1-2-14(10,12-13(7,8)9)5-3-11-4-6-14/h2-6H2,1H3,(H,7,8,9). The van der Waals surface area contributed by atoms with E-state index in [1.807, 2.05) is 0 Å². The molecular formula is C6H14O6S2. The van der Waals surface area contributed by atoms with Crippen LogP contribution in [-0.2, 0) is 28.1 Å². The third-order valence-electron chi connectivity index (χ3n) is 2.27. The van der Waals surface area contributed by atoms with E-state index in [0.717, 1.165) is 0 Å². The van der Waals surface area contributed by atoms with Gasteiger partial charge >= 0.3 is 10.4 Å². The molecule has 86 valence electrons. The van der Waals surface area contributed by atoms with Crippen molar-refractivity contribution in [3.05, 3.63) is 0 Å². The van der Waals surface area contributed by atoms with E-state index in [1.165, 1.54) is 0 Å². The Hall–Kier alpha value is -0.0200. The molecule has 0 saturated carbocycles. The summed E-state index contributed by atoms with van der Waals surface area (Å²) in [5.41, 5.74) is 0. The average molecular weight is 246 g/mol. The van der Waals surface area contributed by atoms with E-state index in [4.69, 9.17) is 9.29 Å². The van der Waals surface area contributed by atoms with Gasteiger partial charge in [-0.05, 0) is 6.92 Å². The first-order chi connectivity index (χ1) is 6.27. The third kappa shape index (κ3) is 2.74. The van der Waals surface area contributed by atoms with Crippen molar-refractivity contribution in [3.8, 4) is 0 Å². The van der Waals surface area contributed by atoms with Gasteiger partial charge in [0.25, 0.3) is 0 Å². The molecule has 14 heavy (non-hydrogen) atoms. The molecule has 0 radical (unpaired) electrons. The van der Waals surface area contributed by atoms with Gasteiger partial charge in [0.1, 0.15) is 0 Å². The van der Waals surface area contributed by atoms with Crippen LogP contribution < -0.4 is 0 Å². The van der Waals surface area contributed by atoms with Gasteiger partial charge in [-0.3, -0.25) is 4.55 Å². The van der Waals surface area contributed by atoms with Crippen LogP contribution in [0, 0.1) is 0 Å². The molecule has 0 bridgehead atoms. The van der Waals surface area contributed by atoms with Gasteiger partial charge in [0.2, 0.25) is 0 Å². The smallest absolute Gasteiger partial charge is 0.378 e. The Bertz CT molecular complexity index is 360. The molecule has 0 aromatic rings. The Kier molecular flexibility index (Phi) is 3.04. The lowest BCUT2D eigenvalue weighted by Crippen LogP contribution is -2.51. The van der Waals surface area contributed by atoms with Gasteiger partial charge in [0.15, 0.2) is 0 Å². The molecule has 0 unspecified atom stereocenters. The second-order valence-corrected chi connectivity index (χ2v) is 8.76. The van der Waals surface area contributed by atoms with Gasteiger partial charge in [0, 0.05) is 5.75 Å². The summed E-state index contributed by atoms with van der Waals surface area (Å²) >= 11 is 0. The number of rotatable bonds is 3. The van der Waals surface area contributed by atoms with Crippen molar-refractivity contribution in [2.75, 3.05) is 30.5 Å². The minimum absolute atomic E-state index is 0.0213. The van der Waals surface area contributed by atoms with Gasteiger partial charge in [-0.2, -0.15) is 17.8 Å². The Labute approximate surface area is 83.1 Å². The zero-order valence-electron chi connectivity index (χ0n) is 7.84. The fraction of sp³-hybridized carbons (Fsp3) is 1.00. The summed E-state index contributed by atoms with van der Waals surface area (Å²) in [6, 6.07) is 0. The third-order valence-corrected chi connectivity index (χ3v) is 7.78. The average Bonchev–Trinajstić information content (AvgIpc) is 2.02. The van der Waals surface area contributed by atoms with Gasteiger partial charge in [-0.15, -0.1) is 3.63 Å². The van der Waals surface area contributed by atoms with Crippen molar-refractivity contribution in [2.45, 2.75) is 6.92 Å². The summed E-state index contributed by atoms with van der Waals surface area (Å²) in [5, 5.41) is 0. The first-order valence-electron chi connectivity index (χ1n) is 4.17. The van der Waals surface area contributed by atoms with E-state index < -0.39 is 19.7 Å². The van der Waals surface area contributed by atoms with E-state index in [9.17, 15) is 12.6 Å². The summed E-state index contributed by atoms with van der Waals surface area (Å²) in [6.07, 6.45) is 0. The zero-order chi connectivity index (χ0) is 10.9. The summed E-state index contributed by atoms with van der Waals surface area (Å²) in [7, 11) is -8.39. The predicted octanol–water partition coefficient (Wildman–Crippen LogP) is -0.409. The Morgan fingerprint density at radius 1 is 1.43 bits per heavy atom. The molecule has 1 heterocycles. The predicted molar refractivity (Wildman–Crippen MR) is 51.9 cm³/mol. The lowest BCUT2D eigenvalue weighted by atomic mass is 10.8. The van der Waals surface area contributed by atoms with Crippen molar-refractivity contribution in [2.24, 2.45) is 0 Å². The molecule has 1 N–H and O–H groups in total. The van der Waals surface area contributed by atoms with Crippen LogP contribution in [-0.4, -0.2) is 47.7 Å². The summed E-state index contributed by atoms with van der Waals surface area (Å²) in [6.45, 7) is 1.95. The van der Waals surface area contributed by atoms with E-state index >= 15 is 0 Å². The minimum Gasteiger partial charge on any atom is -0.378 e. The molecule has 1 fully saturated rings. The normalized spacial score (nSPS) is 28.9. The highest BCUT2D eigenvalue weighted by molar-refractivity contribution is 8.19. The number of hydrogen-bond acceptors (Lipinski definition) is 5. The Morgan fingerprint density at radius 2 is 1.93 bits per heavy atom. The second kappa shape index (κ2) is 3.53. The van der Waals surface area contributed by atoms with E-state index in [1.54, 1.807) is 6.92 Å². The van der Waals surface area contributed by atoms with Crippen molar-refractivity contribution < 1.29 is 25.5 Å². The fourth-order valence-electron chi connectivity index (χ4n) is 1.32. The molecular weight excluding hydrogens is 232 g/mol. The number of hydrogen-bond donors (Lipinski definition) is 1. The first kappa shape index (κ1) is 12.1. The van der Waals surface area contributed by atoms with Gasteiger partial charge in [-0.1, -0.05) is 0 Å². The number of ether oxygens (including phenoxy) is 1. The van der Waals surface area contributed by atoms with Crippen molar-refractivity contribution >= 4 is 19.7 Å². The van der Waals surface area contributed by atoms with Gasteiger partial charge in [-0.25, -0.2) is 4.21 Å². The Balaban J connectivity index is 3.00. The Morgan fingerprint density at radius 3 is 2.29 bits per heavy atom. The van der Waals surface area contributed by atoms with E-state index in [0.29, 0.717) is 0 Å². The maximum absolute atomic E-state index is 12.3. The van der Waals surface area contributed by atoms with Gasteiger partial charge < -0.3 is 4.74 Å². The van der Waals surface area contributed by atoms with Crippen LogP contribution in [0.15, 0.2) is 0 Å². The highest BCUT2D eigenvalue weighted by Gasteiger charge is 2.37. The van der Waals surface area contributed by atoms with Gasteiger partial charge in [0.05, 0.1) is 24.7 Å². The van der Waals surface area contributed by atoms with E-state index in [2.05, 4.69) is 3.63 Å². The maximum Gasteiger partial charge on any atom is 0.415 e. The van der Waals surface area contributed by atoms with Crippen molar-refractivity contribution in [1.29, 1.82) is 0 Å². The molecule has 0 aliphatic carbocycles. The van der Waals surface area contributed by atoms with Crippen LogP contribution in [0.1, 0.15) is 6.92 Å².